The van der Waals surface area contributed by atoms with Gasteiger partial charge in [-0.1, -0.05) is 86.0 Å². The first kappa shape index (κ1) is 37.7. The molecular weight excluding hydrogens is 777 g/mol. The number of rotatable bonds is 14. The van der Waals surface area contributed by atoms with Crippen molar-refractivity contribution in [3.05, 3.63) is 181 Å². The van der Waals surface area contributed by atoms with Gasteiger partial charge in [-0.05, 0) is 94.0 Å². The summed E-state index contributed by atoms with van der Waals surface area (Å²) in [5, 5.41) is 1.79. The average Bonchev–Trinajstić information content (AvgIpc) is 4.00. The van der Waals surface area contributed by atoms with E-state index in [9.17, 15) is 9.59 Å². The first-order valence-corrected chi connectivity index (χ1v) is 20.7. The maximum absolute atomic E-state index is 11.4. The summed E-state index contributed by atoms with van der Waals surface area (Å²) in [6.45, 7) is 7.59. The van der Waals surface area contributed by atoms with E-state index in [1.165, 1.54) is 22.3 Å². The molecule has 6 aromatic carbocycles. The molecule has 0 saturated heterocycles. The molecule has 0 spiro atoms. The molecule has 0 atom stereocenters. The molecule has 0 unspecified atom stereocenters. The van der Waals surface area contributed by atoms with Gasteiger partial charge in [-0.3, -0.25) is 0 Å². The molecule has 0 N–H and O–H groups in total. The van der Waals surface area contributed by atoms with Gasteiger partial charge in [-0.2, -0.15) is 0 Å². The van der Waals surface area contributed by atoms with Gasteiger partial charge in [0.15, 0.2) is 0 Å². The Morgan fingerprint density at radius 1 is 0.508 bits per heavy atom. The molecule has 59 heavy (non-hydrogen) atoms. The SMILES string of the molecule is C=CC(=O)OCCOc1ccc(-c2nc3c(C4(c5cccc6sc(-c7ccc(OCCOC(=O)C=C)cc7)nc56)c5ccccc5-c5ccccc54)cccc3s2)cc1. The highest BCUT2D eigenvalue weighted by Gasteiger charge is 2.48. The lowest BCUT2D eigenvalue weighted by atomic mass is 9.67. The van der Waals surface area contributed by atoms with Crippen LogP contribution in [0.4, 0.5) is 0 Å². The molecule has 1 aliphatic rings. The number of benzene rings is 6. The molecule has 0 radical (unpaired) electrons. The summed E-state index contributed by atoms with van der Waals surface area (Å²) < 4.78 is 23.9. The molecule has 0 amide bonds. The Kier molecular flexibility index (Phi) is 10.3. The van der Waals surface area contributed by atoms with Crippen molar-refractivity contribution in [2.75, 3.05) is 26.4 Å². The number of para-hydroxylation sites is 2. The second-order valence-corrected chi connectivity index (χ2v) is 15.7. The van der Waals surface area contributed by atoms with Gasteiger partial charge in [0.05, 0.1) is 25.8 Å². The first-order valence-electron chi connectivity index (χ1n) is 19.0. The van der Waals surface area contributed by atoms with Gasteiger partial charge in [0.2, 0.25) is 0 Å². The van der Waals surface area contributed by atoms with E-state index in [4.69, 9.17) is 28.9 Å². The summed E-state index contributed by atoms with van der Waals surface area (Å²) in [7, 11) is 0. The van der Waals surface area contributed by atoms with E-state index < -0.39 is 17.4 Å². The number of hydrogen-bond acceptors (Lipinski definition) is 10. The molecule has 0 aliphatic heterocycles. The third-order valence-corrected chi connectivity index (χ3v) is 12.5. The van der Waals surface area contributed by atoms with Crippen molar-refractivity contribution in [2.45, 2.75) is 5.41 Å². The Labute approximate surface area is 348 Å². The van der Waals surface area contributed by atoms with E-state index in [-0.39, 0.29) is 26.4 Å². The zero-order valence-electron chi connectivity index (χ0n) is 31.8. The summed E-state index contributed by atoms with van der Waals surface area (Å²) in [5.74, 6) is 0.394. The van der Waals surface area contributed by atoms with E-state index in [1.54, 1.807) is 22.7 Å². The summed E-state index contributed by atoms with van der Waals surface area (Å²) >= 11 is 3.32. The molecule has 0 saturated carbocycles. The fourth-order valence-electron chi connectivity index (χ4n) is 7.82. The van der Waals surface area contributed by atoms with Crippen LogP contribution >= 0.6 is 22.7 Å². The van der Waals surface area contributed by atoms with Crippen LogP contribution < -0.4 is 9.47 Å². The summed E-state index contributed by atoms with van der Waals surface area (Å²) in [6.07, 6.45) is 2.27. The van der Waals surface area contributed by atoms with Crippen molar-refractivity contribution in [3.8, 4) is 43.8 Å². The van der Waals surface area contributed by atoms with Crippen LogP contribution in [0, 0.1) is 0 Å². The van der Waals surface area contributed by atoms with Crippen LogP contribution in [-0.4, -0.2) is 48.3 Å². The van der Waals surface area contributed by atoms with E-state index in [2.05, 4.69) is 98.1 Å². The summed E-state index contributed by atoms with van der Waals surface area (Å²) in [5.41, 5.74) is 10.0. The quantitative estimate of drug-likeness (QED) is 0.0608. The smallest absolute Gasteiger partial charge is 0.330 e. The van der Waals surface area contributed by atoms with Crippen molar-refractivity contribution in [1.82, 2.24) is 9.97 Å². The highest BCUT2D eigenvalue weighted by Crippen LogP contribution is 2.58. The van der Waals surface area contributed by atoms with Gasteiger partial charge in [-0.25, -0.2) is 19.6 Å². The lowest BCUT2D eigenvalue weighted by molar-refractivity contribution is -0.139. The Bertz CT molecular complexity index is 2680. The molecule has 8 nitrogen and oxygen atoms in total. The minimum atomic E-state index is -0.734. The normalized spacial score (nSPS) is 12.4. The molecule has 290 valence electrons. The predicted octanol–water partition coefficient (Wildman–Crippen LogP) is 10.8. The number of carbonyl (C=O) groups is 2. The Morgan fingerprint density at radius 2 is 0.915 bits per heavy atom. The maximum Gasteiger partial charge on any atom is 0.330 e. The van der Waals surface area contributed by atoms with Crippen molar-refractivity contribution >= 4 is 55.0 Å². The third kappa shape index (κ3) is 6.96. The van der Waals surface area contributed by atoms with Crippen LogP contribution in [0.5, 0.6) is 11.5 Å². The zero-order chi connectivity index (χ0) is 40.3. The van der Waals surface area contributed by atoms with Crippen LogP contribution in [0.2, 0.25) is 0 Å². The number of ether oxygens (including phenoxy) is 4. The maximum atomic E-state index is 11.4. The largest absolute Gasteiger partial charge is 0.490 e. The lowest BCUT2D eigenvalue weighted by Gasteiger charge is -2.34. The van der Waals surface area contributed by atoms with E-state index in [0.29, 0.717) is 11.5 Å². The number of esters is 2. The number of thiazole rings is 2. The van der Waals surface area contributed by atoms with Crippen molar-refractivity contribution in [3.63, 3.8) is 0 Å². The molecule has 2 aromatic heterocycles. The first-order chi connectivity index (χ1) is 29.0. The van der Waals surface area contributed by atoms with Gasteiger partial charge in [0.25, 0.3) is 0 Å². The van der Waals surface area contributed by atoms with Crippen LogP contribution in [-0.2, 0) is 24.5 Å². The van der Waals surface area contributed by atoms with E-state index >= 15 is 0 Å². The number of aromatic nitrogens is 2. The Hall–Kier alpha value is -6.88. The Morgan fingerprint density at radius 3 is 1.34 bits per heavy atom. The molecule has 1 aliphatic carbocycles. The summed E-state index contributed by atoms with van der Waals surface area (Å²) in [6, 6.07) is 46.1. The van der Waals surface area contributed by atoms with Crippen molar-refractivity contribution in [2.24, 2.45) is 0 Å². The van der Waals surface area contributed by atoms with E-state index in [1.807, 2.05) is 48.5 Å². The zero-order valence-corrected chi connectivity index (χ0v) is 33.4. The van der Waals surface area contributed by atoms with Crippen molar-refractivity contribution in [1.29, 1.82) is 0 Å². The number of hydrogen-bond donors (Lipinski definition) is 0. The molecule has 0 fully saturated rings. The van der Waals surface area contributed by atoms with Gasteiger partial charge >= 0.3 is 11.9 Å². The van der Waals surface area contributed by atoms with Crippen molar-refractivity contribution < 1.29 is 28.5 Å². The number of carbonyl (C=O) groups excluding carboxylic acids is 2. The predicted molar refractivity (Wildman–Crippen MR) is 234 cm³/mol. The molecule has 2 heterocycles. The highest BCUT2D eigenvalue weighted by atomic mass is 32.1. The summed E-state index contributed by atoms with van der Waals surface area (Å²) in [4.78, 5) is 33.6. The molecule has 10 heteroatoms. The molecule has 0 bridgehead atoms. The standard InChI is InChI=1S/C49H36N2O6S2/c1-3-43(52)56-29-27-54-33-23-19-31(20-24-33)47-50-45-39(15-9-17-41(45)58-47)49(37-13-7-5-11-35(37)36-12-6-8-14-38(36)49)40-16-10-18-42-46(40)51-48(59-42)32-21-25-34(26-22-32)55-28-30-57-44(53)4-2/h3-26H,1-2,27-30H2. The topological polar surface area (TPSA) is 96.8 Å². The monoisotopic (exact) mass is 812 g/mol. The highest BCUT2D eigenvalue weighted by molar-refractivity contribution is 7.22. The van der Waals surface area contributed by atoms with Gasteiger partial charge in [0.1, 0.15) is 47.9 Å². The average molecular weight is 813 g/mol. The van der Waals surface area contributed by atoms with Crippen LogP contribution in [0.25, 0.3) is 52.7 Å². The molecule has 8 aromatic rings. The molecule has 9 rings (SSSR count). The second kappa shape index (κ2) is 16.2. The fourth-order valence-corrected chi connectivity index (χ4v) is 9.81. The van der Waals surface area contributed by atoms with Gasteiger partial charge < -0.3 is 18.9 Å². The molecular formula is C49H36N2O6S2. The van der Waals surface area contributed by atoms with Crippen LogP contribution in [0.3, 0.4) is 0 Å². The Balaban J connectivity index is 1.13. The van der Waals surface area contributed by atoms with Crippen LogP contribution in [0.15, 0.2) is 159 Å². The van der Waals surface area contributed by atoms with Gasteiger partial charge in [-0.15, -0.1) is 22.7 Å². The number of nitrogens with zero attached hydrogens (tertiary/aromatic N) is 2. The van der Waals surface area contributed by atoms with E-state index in [0.717, 1.165) is 64.9 Å². The third-order valence-electron chi connectivity index (χ3n) is 10.3. The minimum Gasteiger partial charge on any atom is -0.490 e. The number of fused-ring (bicyclic) bond motifs is 5. The fraction of sp³-hybridized carbons (Fsp3) is 0.102. The minimum absolute atomic E-state index is 0.138. The lowest BCUT2D eigenvalue weighted by Crippen LogP contribution is -2.29. The van der Waals surface area contributed by atoms with Crippen LogP contribution in [0.1, 0.15) is 22.3 Å². The second-order valence-electron chi connectivity index (χ2n) is 13.7. The van der Waals surface area contributed by atoms with Gasteiger partial charge in [0, 0.05) is 23.3 Å².